The largest absolute Gasteiger partial charge is 0.383 e. The van der Waals surface area contributed by atoms with Crippen molar-refractivity contribution in [3.63, 3.8) is 0 Å². The number of benzene rings is 2. The van der Waals surface area contributed by atoms with E-state index in [4.69, 9.17) is 9.72 Å². The number of ether oxygens (including phenoxy) is 1. The highest BCUT2D eigenvalue weighted by Gasteiger charge is 2.21. The van der Waals surface area contributed by atoms with Crippen LogP contribution in [0.15, 0.2) is 58.5 Å². The second kappa shape index (κ2) is 9.91. The molecule has 1 amide bonds. The first-order valence-corrected chi connectivity index (χ1v) is 10.9. The zero-order chi connectivity index (χ0) is 21.7. The van der Waals surface area contributed by atoms with Crippen molar-refractivity contribution < 1.29 is 9.53 Å². The van der Waals surface area contributed by atoms with Gasteiger partial charge in [-0.2, -0.15) is 0 Å². The normalized spacial score (nSPS) is 12.3. The number of methoxy groups -OCH3 is 1. The molecule has 7 heteroatoms. The Morgan fingerprint density at radius 1 is 1.13 bits per heavy atom. The summed E-state index contributed by atoms with van der Waals surface area (Å²) >= 11 is 1.28. The Bertz CT molecular complexity index is 1090. The van der Waals surface area contributed by atoms with E-state index in [-0.39, 0.29) is 17.4 Å². The Kier molecular flexibility index (Phi) is 7.29. The molecule has 3 aromatic rings. The average molecular weight is 426 g/mol. The molecule has 1 N–H and O–H groups in total. The second-order valence-corrected chi connectivity index (χ2v) is 8.62. The highest BCUT2D eigenvalue weighted by atomic mass is 32.2. The van der Waals surface area contributed by atoms with Gasteiger partial charge in [0.1, 0.15) is 0 Å². The molecule has 1 aromatic heterocycles. The van der Waals surface area contributed by atoms with Crippen LogP contribution in [0.25, 0.3) is 16.6 Å². The van der Waals surface area contributed by atoms with Gasteiger partial charge < -0.3 is 10.1 Å². The van der Waals surface area contributed by atoms with Crippen LogP contribution in [-0.2, 0) is 9.53 Å². The zero-order valence-electron chi connectivity index (χ0n) is 17.7. The monoisotopic (exact) mass is 425 g/mol. The Hall–Kier alpha value is -2.64. The maximum absolute atomic E-state index is 13.5. The number of thioether (sulfide) groups is 1. The quantitative estimate of drug-likeness (QED) is 0.338. The van der Waals surface area contributed by atoms with Crippen molar-refractivity contribution in [3.05, 3.63) is 64.4 Å². The third-order valence-electron chi connectivity index (χ3n) is 4.80. The maximum Gasteiger partial charge on any atom is 0.266 e. The van der Waals surface area contributed by atoms with Crippen LogP contribution in [0.2, 0.25) is 0 Å². The summed E-state index contributed by atoms with van der Waals surface area (Å²) in [6.45, 7) is 6.89. The summed E-state index contributed by atoms with van der Waals surface area (Å²) in [5, 5.41) is 3.48. The SMILES string of the molecule is COCCNC(=O)[C@@H](C)Sc1nc2ccccc2c(=O)n1-c1ccccc1C(C)C. The van der Waals surface area contributed by atoms with E-state index in [1.807, 2.05) is 49.4 Å². The lowest BCUT2D eigenvalue weighted by atomic mass is 10.0. The van der Waals surface area contributed by atoms with Crippen molar-refractivity contribution in [2.75, 3.05) is 20.3 Å². The predicted molar refractivity (Wildman–Crippen MR) is 122 cm³/mol. The van der Waals surface area contributed by atoms with Crippen LogP contribution in [0.3, 0.4) is 0 Å². The molecule has 0 saturated heterocycles. The topological polar surface area (TPSA) is 73.2 Å². The molecule has 6 nitrogen and oxygen atoms in total. The summed E-state index contributed by atoms with van der Waals surface area (Å²) in [5.74, 6) is 0.107. The highest BCUT2D eigenvalue weighted by Crippen LogP contribution is 2.29. The van der Waals surface area contributed by atoms with Crippen molar-refractivity contribution in [2.24, 2.45) is 0 Å². The lowest BCUT2D eigenvalue weighted by molar-refractivity contribution is -0.120. The molecule has 2 aromatic carbocycles. The van der Waals surface area contributed by atoms with Crippen molar-refractivity contribution in [1.29, 1.82) is 0 Å². The van der Waals surface area contributed by atoms with E-state index in [2.05, 4.69) is 19.2 Å². The van der Waals surface area contributed by atoms with Gasteiger partial charge >= 0.3 is 0 Å². The minimum atomic E-state index is -0.424. The van der Waals surface area contributed by atoms with E-state index in [0.29, 0.717) is 29.2 Å². The fourth-order valence-corrected chi connectivity index (χ4v) is 4.16. The van der Waals surface area contributed by atoms with E-state index in [0.717, 1.165) is 11.3 Å². The number of carbonyl (C=O) groups excluding carboxylic acids is 1. The molecule has 0 radical (unpaired) electrons. The number of aromatic nitrogens is 2. The molecule has 0 fully saturated rings. The molecule has 158 valence electrons. The minimum absolute atomic E-state index is 0.122. The van der Waals surface area contributed by atoms with Gasteiger partial charge in [0.05, 0.1) is 28.4 Å². The highest BCUT2D eigenvalue weighted by molar-refractivity contribution is 8.00. The number of nitrogens with one attached hydrogen (secondary N) is 1. The van der Waals surface area contributed by atoms with Crippen molar-refractivity contribution in [2.45, 2.75) is 37.1 Å². The van der Waals surface area contributed by atoms with Gasteiger partial charge in [-0.1, -0.05) is 55.9 Å². The summed E-state index contributed by atoms with van der Waals surface area (Å²) in [5.41, 5.74) is 2.33. The van der Waals surface area contributed by atoms with Crippen LogP contribution in [0.5, 0.6) is 0 Å². The average Bonchev–Trinajstić information content (AvgIpc) is 2.74. The number of hydrogen-bond donors (Lipinski definition) is 1. The lowest BCUT2D eigenvalue weighted by Gasteiger charge is -2.19. The molecule has 0 aliphatic rings. The van der Waals surface area contributed by atoms with Gasteiger partial charge in [-0.25, -0.2) is 4.98 Å². The number of hydrogen-bond acceptors (Lipinski definition) is 5. The Labute approximate surface area is 180 Å². The molecule has 1 atom stereocenters. The van der Waals surface area contributed by atoms with Crippen LogP contribution >= 0.6 is 11.8 Å². The summed E-state index contributed by atoms with van der Waals surface area (Å²) in [6, 6.07) is 15.1. The summed E-state index contributed by atoms with van der Waals surface area (Å²) in [7, 11) is 1.59. The second-order valence-electron chi connectivity index (χ2n) is 7.31. The fourth-order valence-electron chi connectivity index (χ4n) is 3.21. The maximum atomic E-state index is 13.5. The minimum Gasteiger partial charge on any atom is -0.383 e. The van der Waals surface area contributed by atoms with Gasteiger partial charge in [-0.05, 0) is 36.6 Å². The van der Waals surface area contributed by atoms with Gasteiger partial charge in [-0.3, -0.25) is 14.2 Å². The molecule has 0 spiro atoms. The molecule has 30 heavy (non-hydrogen) atoms. The summed E-state index contributed by atoms with van der Waals surface area (Å²) in [4.78, 5) is 30.7. The summed E-state index contributed by atoms with van der Waals surface area (Å²) < 4.78 is 6.63. The molecular weight excluding hydrogens is 398 g/mol. The molecule has 0 bridgehead atoms. The molecule has 3 rings (SSSR count). The van der Waals surface area contributed by atoms with Crippen molar-refractivity contribution >= 4 is 28.6 Å². The first-order valence-electron chi connectivity index (χ1n) is 9.98. The van der Waals surface area contributed by atoms with Crippen LogP contribution in [0.4, 0.5) is 0 Å². The van der Waals surface area contributed by atoms with E-state index < -0.39 is 5.25 Å². The van der Waals surface area contributed by atoms with Crippen molar-refractivity contribution in [3.8, 4) is 5.69 Å². The van der Waals surface area contributed by atoms with Gasteiger partial charge in [-0.15, -0.1) is 0 Å². The first kappa shape index (κ1) is 22.1. The third kappa shape index (κ3) is 4.74. The van der Waals surface area contributed by atoms with Crippen LogP contribution in [0, 0.1) is 0 Å². The number of nitrogens with zero attached hydrogens (tertiary/aromatic N) is 2. The first-order chi connectivity index (χ1) is 14.4. The third-order valence-corrected chi connectivity index (χ3v) is 5.85. The van der Waals surface area contributed by atoms with Gasteiger partial charge in [0, 0.05) is 13.7 Å². The lowest BCUT2D eigenvalue weighted by Crippen LogP contribution is -2.34. The van der Waals surface area contributed by atoms with Gasteiger partial charge in [0.2, 0.25) is 5.91 Å². The predicted octanol–water partition coefficient (Wildman–Crippen LogP) is 3.75. The number of fused-ring (bicyclic) bond motifs is 1. The number of para-hydroxylation sites is 2. The van der Waals surface area contributed by atoms with E-state index in [1.54, 1.807) is 17.7 Å². The number of rotatable bonds is 8. The van der Waals surface area contributed by atoms with E-state index >= 15 is 0 Å². The standard InChI is InChI=1S/C23H27N3O3S/c1-15(2)17-9-6-8-12-20(17)26-22(28)18-10-5-7-11-19(18)25-23(26)30-16(3)21(27)24-13-14-29-4/h5-12,15-16H,13-14H2,1-4H3,(H,24,27)/t16-/m1/s1. The zero-order valence-corrected chi connectivity index (χ0v) is 18.5. The van der Waals surface area contributed by atoms with Crippen molar-refractivity contribution in [1.82, 2.24) is 14.9 Å². The Morgan fingerprint density at radius 3 is 2.57 bits per heavy atom. The molecular formula is C23H27N3O3S. The Morgan fingerprint density at radius 2 is 1.83 bits per heavy atom. The molecule has 1 heterocycles. The van der Waals surface area contributed by atoms with Crippen LogP contribution < -0.4 is 10.9 Å². The molecule has 0 unspecified atom stereocenters. The molecule has 0 aliphatic heterocycles. The van der Waals surface area contributed by atoms with Crippen LogP contribution in [-0.4, -0.2) is 41.0 Å². The van der Waals surface area contributed by atoms with E-state index in [9.17, 15) is 9.59 Å². The number of carbonyl (C=O) groups is 1. The van der Waals surface area contributed by atoms with Gasteiger partial charge in [0.25, 0.3) is 5.56 Å². The smallest absolute Gasteiger partial charge is 0.266 e. The number of amides is 1. The Balaban J connectivity index is 2.11. The van der Waals surface area contributed by atoms with Gasteiger partial charge in [0.15, 0.2) is 5.16 Å². The molecule has 0 saturated carbocycles. The van der Waals surface area contributed by atoms with E-state index in [1.165, 1.54) is 11.8 Å². The molecule has 0 aliphatic carbocycles. The summed E-state index contributed by atoms with van der Waals surface area (Å²) in [6.07, 6.45) is 0. The fraction of sp³-hybridized carbons (Fsp3) is 0.348. The van der Waals surface area contributed by atoms with Crippen LogP contribution in [0.1, 0.15) is 32.3 Å².